The molecule has 6 heteroatoms. The predicted molar refractivity (Wildman–Crippen MR) is 101 cm³/mol. The van der Waals surface area contributed by atoms with Crippen molar-refractivity contribution in [1.29, 1.82) is 0 Å². The van der Waals surface area contributed by atoms with E-state index in [1.54, 1.807) is 0 Å². The normalized spacial score (nSPS) is 16.6. The van der Waals surface area contributed by atoms with E-state index < -0.39 is 0 Å². The van der Waals surface area contributed by atoms with Crippen LogP contribution in [0.4, 0.5) is 0 Å². The van der Waals surface area contributed by atoms with Gasteiger partial charge < -0.3 is 15.4 Å². The summed E-state index contributed by atoms with van der Waals surface area (Å²) in [5, 5.41) is 0. The van der Waals surface area contributed by atoms with E-state index in [4.69, 9.17) is 10.5 Å². The van der Waals surface area contributed by atoms with E-state index in [1.165, 1.54) is 0 Å². The second-order valence-corrected chi connectivity index (χ2v) is 6.57. The van der Waals surface area contributed by atoms with Crippen molar-refractivity contribution in [3.8, 4) is 5.75 Å². The summed E-state index contributed by atoms with van der Waals surface area (Å²) in [6.45, 7) is 1.85. The summed E-state index contributed by atoms with van der Waals surface area (Å²) in [5.41, 5.74) is 7.58. The second-order valence-electron chi connectivity index (χ2n) is 5.72. The highest BCUT2D eigenvalue weighted by Gasteiger charge is 2.24. The lowest BCUT2D eigenvalue weighted by molar-refractivity contribution is 0.0791. The third-order valence-corrected chi connectivity index (χ3v) is 4.60. The SMILES string of the molecule is Cl.N[C@H]1CCN(C(=O)c2ccc(COc3ccccc3Br)cc2)C1. The van der Waals surface area contributed by atoms with Gasteiger partial charge in [-0.1, -0.05) is 24.3 Å². The van der Waals surface area contributed by atoms with E-state index >= 15 is 0 Å². The molecule has 128 valence electrons. The highest BCUT2D eigenvalue weighted by Crippen LogP contribution is 2.24. The number of hydrogen-bond acceptors (Lipinski definition) is 3. The fraction of sp³-hybridized carbons (Fsp3) is 0.278. The lowest BCUT2D eigenvalue weighted by Crippen LogP contribution is -2.31. The minimum Gasteiger partial charge on any atom is -0.488 e. The van der Waals surface area contributed by atoms with Crippen LogP contribution in [0.2, 0.25) is 0 Å². The molecule has 24 heavy (non-hydrogen) atoms. The maximum absolute atomic E-state index is 12.4. The van der Waals surface area contributed by atoms with Crippen LogP contribution in [0.1, 0.15) is 22.3 Å². The molecule has 0 radical (unpaired) electrons. The zero-order valence-electron chi connectivity index (χ0n) is 13.2. The van der Waals surface area contributed by atoms with Crippen molar-refractivity contribution in [1.82, 2.24) is 4.90 Å². The van der Waals surface area contributed by atoms with Crippen molar-refractivity contribution in [3.63, 3.8) is 0 Å². The number of hydrogen-bond donors (Lipinski definition) is 1. The molecule has 0 bridgehead atoms. The number of carbonyl (C=O) groups is 1. The summed E-state index contributed by atoms with van der Waals surface area (Å²) < 4.78 is 6.71. The standard InChI is InChI=1S/C18H19BrN2O2.ClH/c19-16-3-1-2-4-17(16)23-12-13-5-7-14(8-6-13)18(22)21-10-9-15(20)11-21;/h1-8,15H,9-12,20H2;1H/t15-;/m0./s1. The predicted octanol–water partition coefficient (Wildman–Crippen LogP) is 3.62. The average Bonchev–Trinajstić information content (AvgIpc) is 3.00. The zero-order valence-corrected chi connectivity index (χ0v) is 15.6. The van der Waals surface area contributed by atoms with Crippen molar-refractivity contribution in [2.45, 2.75) is 19.1 Å². The smallest absolute Gasteiger partial charge is 0.253 e. The molecule has 1 aliphatic rings. The number of ether oxygens (including phenoxy) is 1. The number of benzene rings is 2. The molecule has 4 nitrogen and oxygen atoms in total. The second kappa shape index (κ2) is 8.51. The van der Waals surface area contributed by atoms with Gasteiger partial charge in [-0.05, 0) is 52.2 Å². The van der Waals surface area contributed by atoms with Crippen molar-refractivity contribution in [2.75, 3.05) is 13.1 Å². The number of nitrogens with zero attached hydrogens (tertiary/aromatic N) is 1. The monoisotopic (exact) mass is 410 g/mol. The van der Waals surface area contributed by atoms with Crippen LogP contribution in [0.25, 0.3) is 0 Å². The first-order valence-corrected chi connectivity index (χ1v) is 8.44. The first-order chi connectivity index (χ1) is 11.1. The van der Waals surface area contributed by atoms with Gasteiger partial charge in [-0.25, -0.2) is 0 Å². The van der Waals surface area contributed by atoms with Gasteiger partial charge in [-0.3, -0.25) is 4.79 Å². The number of likely N-dealkylation sites (tertiary alicyclic amines) is 1. The summed E-state index contributed by atoms with van der Waals surface area (Å²) in [4.78, 5) is 14.2. The van der Waals surface area contributed by atoms with E-state index in [9.17, 15) is 4.79 Å². The number of amides is 1. The van der Waals surface area contributed by atoms with Crippen molar-refractivity contribution < 1.29 is 9.53 Å². The first kappa shape index (κ1) is 18.8. The molecule has 0 unspecified atom stereocenters. The fourth-order valence-corrected chi connectivity index (χ4v) is 3.02. The van der Waals surface area contributed by atoms with E-state index in [1.807, 2.05) is 53.4 Å². The van der Waals surface area contributed by atoms with Crippen molar-refractivity contribution in [3.05, 3.63) is 64.1 Å². The number of carbonyl (C=O) groups excluding carboxylic acids is 1. The van der Waals surface area contributed by atoms with Crippen LogP contribution in [0, 0.1) is 0 Å². The summed E-state index contributed by atoms with van der Waals surface area (Å²) in [5.74, 6) is 0.856. The van der Waals surface area contributed by atoms with Gasteiger partial charge in [0.25, 0.3) is 5.91 Å². The molecule has 1 atom stereocenters. The zero-order chi connectivity index (χ0) is 16.2. The van der Waals surface area contributed by atoms with E-state index in [2.05, 4.69) is 15.9 Å². The Bertz CT molecular complexity index is 694. The van der Waals surface area contributed by atoms with E-state index in [0.717, 1.165) is 28.8 Å². The van der Waals surface area contributed by atoms with E-state index in [-0.39, 0.29) is 24.4 Å². The molecule has 2 aromatic carbocycles. The number of para-hydroxylation sites is 1. The van der Waals surface area contributed by atoms with Crippen LogP contribution >= 0.6 is 28.3 Å². The molecule has 1 aliphatic heterocycles. The van der Waals surface area contributed by atoms with Gasteiger partial charge in [0.2, 0.25) is 0 Å². The molecule has 2 aromatic rings. The Morgan fingerprint density at radius 2 is 1.92 bits per heavy atom. The first-order valence-electron chi connectivity index (χ1n) is 7.64. The Labute approximate surface area is 156 Å². The molecule has 0 spiro atoms. The Morgan fingerprint density at radius 3 is 2.54 bits per heavy atom. The van der Waals surface area contributed by atoms with Gasteiger partial charge in [-0.2, -0.15) is 0 Å². The molecule has 0 aliphatic carbocycles. The minimum atomic E-state index is 0. The van der Waals surface area contributed by atoms with Gasteiger partial charge in [0.05, 0.1) is 4.47 Å². The van der Waals surface area contributed by atoms with E-state index in [0.29, 0.717) is 18.7 Å². The molecular formula is C18H20BrClN2O2. The number of rotatable bonds is 4. The van der Waals surface area contributed by atoms with Gasteiger partial charge in [0, 0.05) is 24.7 Å². The van der Waals surface area contributed by atoms with Crippen LogP contribution in [0.3, 0.4) is 0 Å². The molecule has 1 heterocycles. The highest BCUT2D eigenvalue weighted by atomic mass is 79.9. The molecule has 3 rings (SSSR count). The number of nitrogens with two attached hydrogens (primary N) is 1. The summed E-state index contributed by atoms with van der Waals surface area (Å²) >= 11 is 3.46. The summed E-state index contributed by atoms with van der Waals surface area (Å²) in [7, 11) is 0. The lowest BCUT2D eigenvalue weighted by atomic mass is 10.1. The quantitative estimate of drug-likeness (QED) is 0.836. The lowest BCUT2D eigenvalue weighted by Gasteiger charge is -2.16. The Morgan fingerprint density at radius 1 is 1.21 bits per heavy atom. The molecular weight excluding hydrogens is 392 g/mol. The minimum absolute atomic E-state index is 0. The Balaban J connectivity index is 0.00000208. The van der Waals surface area contributed by atoms with Crippen LogP contribution in [-0.2, 0) is 6.61 Å². The highest BCUT2D eigenvalue weighted by molar-refractivity contribution is 9.10. The third kappa shape index (κ3) is 4.50. The largest absolute Gasteiger partial charge is 0.488 e. The Kier molecular flexibility index (Phi) is 6.66. The summed E-state index contributed by atoms with van der Waals surface area (Å²) in [6, 6.07) is 15.4. The van der Waals surface area contributed by atoms with Gasteiger partial charge >= 0.3 is 0 Å². The van der Waals surface area contributed by atoms with Gasteiger partial charge in [0.1, 0.15) is 12.4 Å². The average molecular weight is 412 g/mol. The number of halogens is 2. The van der Waals surface area contributed by atoms with Crippen LogP contribution < -0.4 is 10.5 Å². The van der Waals surface area contributed by atoms with Crippen LogP contribution in [0.15, 0.2) is 53.0 Å². The maximum Gasteiger partial charge on any atom is 0.253 e. The van der Waals surface area contributed by atoms with Gasteiger partial charge in [0.15, 0.2) is 0 Å². The molecule has 2 N–H and O–H groups in total. The van der Waals surface area contributed by atoms with Crippen molar-refractivity contribution >= 4 is 34.2 Å². The topological polar surface area (TPSA) is 55.6 Å². The third-order valence-electron chi connectivity index (χ3n) is 3.94. The summed E-state index contributed by atoms with van der Waals surface area (Å²) in [6.07, 6.45) is 0.879. The Hall–Kier alpha value is -1.56. The molecule has 0 aromatic heterocycles. The van der Waals surface area contributed by atoms with Crippen LogP contribution in [-0.4, -0.2) is 29.9 Å². The molecule has 1 saturated heterocycles. The van der Waals surface area contributed by atoms with Crippen molar-refractivity contribution in [2.24, 2.45) is 5.73 Å². The van der Waals surface area contributed by atoms with Crippen LogP contribution in [0.5, 0.6) is 5.75 Å². The molecule has 0 saturated carbocycles. The van der Waals surface area contributed by atoms with Gasteiger partial charge in [-0.15, -0.1) is 12.4 Å². The fourth-order valence-electron chi connectivity index (χ4n) is 2.62. The maximum atomic E-state index is 12.4. The molecule has 1 fully saturated rings. The molecule has 1 amide bonds.